The van der Waals surface area contributed by atoms with Crippen molar-refractivity contribution in [1.82, 2.24) is 9.62 Å². The van der Waals surface area contributed by atoms with Gasteiger partial charge in [0.15, 0.2) is 0 Å². The molecule has 0 saturated carbocycles. The van der Waals surface area contributed by atoms with Gasteiger partial charge >= 0.3 is 0 Å². The summed E-state index contributed by atoms with van der Waals surface area (Å²) in [4.78, 5) is 2.80. The van der Waals surface area contributed by atoms with Crippen LogP contribution in [-0.2, 0) is 10.0 Å². The molecule has 5 heteroatoms. The fourth-order valence-corrected chi connectivity index (χ4v) is 4.50. The first kappa shape index (κ1) is 16.4. The highest BCUT2D eigenvalue weighted by molar-refractivity contribution is 7.89. The monoisotopic (exact) mass is 332 g/mol. The number of piperidine rings is 1. The van der Waals surface area contributed by atoms with Crippen molar-refractivity contribution in [3.05, 3.63) is 42.5 Å². The minimum Gasteiger partial charge on any atom is -0.303 e. The van der Waals surface area contributed by atoms with Gasteiger partial charge in [0.1, 0.15) is 0 Å². The van der Waals surface area contributed by atoms with E-state index in [1.807, 2.05) is 30.3 Å². The number of fused-ring (bicyclic) bond motifs is 1. The summed E-state index contributed by atoms with van der Waals surface area (Å²) >= 11 is 0. The Kier molecular flexibility index (Phi) is 5.30. The van der Waals surface area contributed by atoms with Crippen molar-refractivity contribution in [3.63, 3.8) is 0 Å². The molecule has 0 spiro atoms. The molecule has 4 nitrogen and oxygen atoms in total. The topological polar surface area (TPSA) is 49.4 Å². The first-order valence-electron chi connectivity index (χ1n) is 8.37. The molecule has 1 aliphatic heterocycles. The molecule has 1 fully saturated rings. The van der Waals surface area contributed by atoms with E-state index in [9.17, 15) is 8.42 Å². The number of benzene rings is 2. The van der Waals surface area contributed by atoms with Gasteiger partial charge in [0.2, 0.25) is 10.0 Å². The average molecular weight is 332 g/mol. The molecular formula is C18H24N2O2S. The maximum atomic E-state index is 12.6. The van der Waals surface area contributed by atoms with E-state index in [2.05, 4.69) is 9.62 Å². The van der Waals surface area contributed by atoms with Gasteiger partial charge in [-0.15, -0.1) is 0 Å². The van der Waals surface area contributed by atoms with Gasteiger partial charge in [0.05, 0.1) is 4.90 Å². The van der Waals surface area contributed by atoms with Crippen LogP contribution in [0.3, 0.4) is 0 Å². The lowest BCUT2D eigenvalue weighted by Crippen LogP contribution is -2.33. The number of rotatable bonds is 6. The first-order chi connectivity index (χ1) is 11.2. The predicted molar refractivity (Wildman–Crippen MR) is 94.0 cm³/mol. The Hall–Kier alpha value is -1.43. The van der Waals surface area contributed by atoms with Gasteiger partial charge in [-0.25, -0.2) is 13.1 Å². The van der Waals surface area contributed by atoms with E-state index in [1.54, 1.807) is 12.1 Å². The standard InChI is InChI=1S/C18H24N2O2S/c21-23(22,19-12-7-15-20-13-4-1-5-14-20)18-11-6-9-16-8-2-3-10-17(16)18/h2-3,6,8-11,19H,1,4-5,7,12-15H2. The Morgan fingerprint density at radius 1 is 0.957 bits per heavy atom. The Labute approximate surface area is 138 Å². The largest absolute Gasteiger partial charge is 0.303 e. The van der Waals surface area contributed by atoms with Crippen LogP contribution in [0.25, 0.3) is 10.8 Å². The van der Waals surface area contributed by atoms with Crippen molar-refractivity contribution in [2.24, 2.45) is 0 Å². The second kappa shape index (κ2) is 7.43. The molecule has 1 aliphatic rings. The number of hydrogen-bond acceptors (Lipinski definition) is 3. The summed E-state index contributed by atoms with van der Waals surface area (Å²) in [5.74, 6) is 0. The van der Waals surface area contributed by atoms with E-state index in [-0.39, 0.29) is 0 Å². The van der Waals surface area contributed by atoms with Gasteiger partial charge in [-0.2, -0.15) is 0 Å². The normalized spacial score (nSPS) is 16.7. The third-order valence-corrected chi connectivity index (χ3v) is 5.95. The SMILES string of the molecule is O=S(=O)(NCCCN1CCCCC1)c1cccc2ccccc12. The van der Waals surface area contributed by atoms with Crippen molar-refractivity contribution in [3.8, 4) is 0 Å². The number of hydrogen-bond donors (Lipinski definition) is 1. The van der Waals surface area contributed by atoms with Gasteiger partial charge in [-0.1, -0.05) is 42.8 Å². The van der Waals surface area contributed by atoms with E-state index < -0.39 is 10.0 Å². The van der Waals surface area contributed by atoms with Crippen molar-refractivity contribution in [2.75, 3.05) is 26.2 Å². The quantitative estimate of drug-likeness (QED) is 0.827. The summed E-state index contributed by atoms with van der Waals surface area (Å²) in [5, 5.41) is 1.72. The van der Waals surface area contributed by atoms with Crippen LogP contribution in [0.15, 0.2) is 47.4 Å². The molecule has 1 heterocycles. The molecule has 0 aromatic heterocycles. The second-order valence-electron chi connectivity index (χ2n) is 6.13. The molecule has 0 aliphatic carbocycles. The first-order valence-corrected chi connectivity index (χ1v) is 9.85. The van der Waals surface area contributed by atoms with E-state index in [0.29, 0.717) is 11.4 Å². The maximum Gasteiger partial charge on any atom is 0.241 e. The van der Waals surface area contributed by atoms with Gasteiger partial charge in [0, 0.05) is 11.9 Å². The highest BCUT2D eigenvalue weighted by Crippen LogP contribution is 2.22. The van der Waals surface area contributed by atoms with Crippen LogP contribution < -0.4 is 4.72 Å². The molecule has 0 bridgehead atoms. The summed E-state index contributed by atoms with van der Waals surface area (Å²) in [7, 11) is -3.46. The lowest BCUT2D eigenvalue weighted by atomic mass is 10.1. The molecule has 1 N–H and O–H groups in total. The second-order valence-corrected chi connectivity index (χ2v) is 7.87. The maximum absolute atomic E-state index is 12.6. The zero-order chi connectivity index (χ0) is 16.1. The number of likely N-dealkylation sites (tertiary alicyclic amines) is 1. The number of nitrogens with one attached hydrogen (secondary N) is 1. The van der Waals surface area contributed by atoms with Crippen molar-refractivity contribution < 1.29 is 8.42 Å². The summed E-state index contributed by atoms with van der Waals surface area (Å²) < 4.78 is 27.9. The van der Waals surface area contributed by atoms with Crippen LogP contribution >= 0.6 is 0 Å². The Balaban J connectivity index is 1.62. The third kappa shape index (κ3) is 4.10. The van der Waals surface area contributed by atoms with E-state index in [0.717, 1.165) is 36.8 Å². The van der Waals surface area contributed by atoms with Crippen LogP contribution in [0, 0.1) is 0 Å². The highest BCUT2D eigenvalue weighted by Gasteiger charge is 2.16. The molecule has 0 amide bonds. The summed E-state index contributed by atoms with van der Waals surface area (Å²) in [6.45, 7) is 3.76. The van der Waals surface area contributed by atoms with Crippen molar-refractivity contribution in [1.29, 1.82) is 0 Å². The number of nitrogens with zero attached hydrogens (tertiary/aromatic N) is 1. The average Bonchev–Trinajstić information content (AvgIpc) is 2.59. The molecule has 124 valence electrons. The zero-order valence-electron chi connectivity index (χ0n) is 13.4. The lowest BCUT2D eigenvalue weighted by molar-refractivity contribution is 0.227. The summed E-state index contributed by atoms with van der Waals surface area (Å²) in [6.07, 6.45) is 4.71. The third-order valence-electron chi connectivity index (χ3n) is 4.43. The molecule has 1 saturated heterocycles. The molecule has 2 aromatic rings. The van der Waals surface area contributed by atoms with Crippen LogP contribution in [0.2, 0.25) is 0 Å². The predicted octanol–water partition coefficient (Wildman–Crippen LogP) is 2.99. The van der Waals surface area contributed by atoms with Crippen molar-refractivity contribution >= 4 is 20.8 Å². The van der Waals surface area contributed by atoms with Crippen LogP contribution in [0.5, 0.6) is 0 Å². The zero-order valence-corrected chi connectivity index (χ0v) is 14.2. The highest BCUT2D eigenvalue weighted by atomic mass is 32.2. The fraction of sp³-hybridized carbons (Fsp3) is 0.444. The molecule has 0 atom stereocenters. The minimum atomic E-state index is -3.46. The van der Waals surface area contributed by atoms with E-state index in [4.69, 9.17) is 0 Å². The molecular weight excluding hydrogens is 308 g/mol. The van der Waals surface area contributed by atoms with Gasteiger partial charge in [0.25, 0.3) is 0 Å². The fourth-order valence-electron chi connectivity index (χ4n) is 3.20. The summed E-state index contributed by atoms with van der Waals surface area (Å²) in [6, 6.07) is 13.0. The molecule has 2 aromatic carbocycles. The van der Waals surface area contributed by atoms with E-state index in [1.165, 1.54) is 19.3 Å². The molecule has 23 heavy (non-hydrogen) atoms. The van der Waals surface area contributed by atoms with Crippen LogP contribution in [-0.4, -0.2) is 39.5 Å². The lowest BCUT2D eigenvalue weighted by Gasteiger charge is -2.26. The minimum absolute atomic E-state index is 0.369. The molecule has 0 unspecified atom stereocenters. The van der Waals surface area contributed by atoms with Gasteiger partial charge < -0.3 is 4.90 Å². The van der Waals surface area contributed by atoms with Gasteiger partial charge in [-0.3, -0.25) is 0 Å². The summed E-state index contributed by atoms with van der Waals surface area (Å²) in [5.41, 5.74) is 0. The Morgan fingerprint density at radius 2 is 1.70 bits per heavy atom. The number of sulfonamides is 1. The smallest absolute Gasteiger partial charge is 0.241 e. The van der Waals surface area contributed by atoms with Crippen LogP contribution in [0.1, 0.15) is 25.7 Å². The Bertz CT molecular complexity index is 747. The van der Waals surface area contributed by atoms with Gasteiger partial charge in [-0.05, 0) is 50.3 Å². The molecule has 3 rings (SSSR count). The van der Waals surface area contributed by atoms with Crippen LogP contribution in [0.4, 0.5) is 0 Å². The Morgan fingerprint density at radius 3 is 2.52 bits per heavy atom. The van der Waals surface area contributed by atoms with Crippen molar-refractivity contribution in [2.45, 2.75) is 30.6 Å². The molecule has 0 radical (unpaired) electrons. The van der Waals surface area contributed by atoms with E-state index >= 15 is 0 Å².